The van der Waals surface area contributed by atoms with Gasteiger partial charge >= 0.3 is 6.18 Å². The molecule has 206 valence electrons. The largest absolute Gasteiger partial charge is 0.391 e. The molecule has 4 aliphatic rings. The van der Waals surface area contributed by atoms with Crippen LogP contribution in [-0.4, -0.2) is 72.4 Å². The molecule has 0 aromatic heterocycles. The van der Waals surface area contributed by atoms with Crippen LogP contribution in [0.25, 0.3) is 0 Å². The minimum absolute atomic E-state index is 0.00222. The van der Waals surface area contributed by atoms with Gasteiger partial charge in [-0.2, -0.15) is 13.2 Å². The molecule has 4 atom stereocenters. The van der Waals surface area contributed by atoms with E-state index in [1.54, 1.807) is 6.92 Å². The molecule has 10 heteroatoms. The van der Waals surface area contributed by atoms with E-state index in [0.717, 1.165) is 32.1 Å². The van der Waals surface area contributed by atoms with Crippen LogP contribution >= 0.6 is 0 Å². The van der Waals surface area contributed by atoms with Crippen LogP contribution in [0.1, 0.15) is 84.5 Å². The molecule has 3 saturated carbocycles. The predicted molar refractivity (Wildman–Crippen MR) is 131 cm³/mol. The van der Waals surface area contributed by atoms with Crippen molar-refractivity contribution in [3.63, 3.8) is 0 Å². The highest BCUT2D eigenvalue weighted by Gasteiger charge is 2.50. The highest BCUT2D eigenvalue weighted by Crippen LogP contribution is 2.45. The first-order valence-corrected chi connectivity index (χ1v) is 15.6. The van der Waals surface area contributed by atoms with E-state index in [2.05, 4.69) is 0 Å². The van der Waals surface area contributed by atoms with Crippen LogP contribution in [0.3, 0.4) is 0 Å². The van der Waals surface area contributed by atoms with Crippen molar-refractivity contribution in [1.82, 2.24) is 9.80 Å². The lowest BCUT2D eigenvalue weighted by Gasteiger charge is -2.55. The second kappa shape index (κ2) is 10.4. The first kappa shape index (κ1) is 27.7. The van der Waals surface area contributed by atoms with Crippen molar-refractivity contribution >= 4 is 21.7 Å². The van der Waals surface area contributed by atoms with Crippen molar-refractivity contribution in [3.8, 4) is 0 Å². The molecule has 0 aromatic rings. The van der Waals surface area contributed by atoms with Crippen LogP contribution in [0.15, 0.2) is 0 Å². The smallest absolute Gasteiger partial charge is 0.335 e. The summed E-state index contributed by atoms with van der Waals surface area (Å²) in [6.07, 6.45) is 3.25. The number of hydrogen-bond donors (Lipinski definition) is 0. The van der Waals surface area contributed by atoms with Crippen LogP contribution < -0.4 is 0 Å². The molecule has 3 unspecified atom stereocenters. The van der Waals surface area contributed by atoms with Crippen molar-refractivity contribution in [1.29, 1.82) is 0 Å². The van der Waals surface area contributed by atoms with E-state index in [4.69, 9.17) is 0 Å². The van der Waals surface area contributed by atoms with E-state index in [9.17, 15) is 31.2 Å². The highest BCUT2D eigenvalue weighted by molar-refractivity contribution is 7.91. The lowest BCUT2D eigenvalue weighted by atomic mass is 9.69. The number of nitrogens with zero attached hydrogens (tertiary/aromatic N) is 2. The molecule has 0 spiro atoms. The van der Waals surface area contributed by atoms with Gasteiger partial charge in [0.1, 0.15) is 9.84 Å². The van der Waals surface area contributed by atoms with E-state index >= 15 is 0 Å². The van der Waals surface area contributed by atoms with Crippen molar-refractivity contribution in [2.24, 2.45) is 23.7 Å². The Bertz CT molecular complexity index is 924. The standard InChI is InChI=1S/C26H41F3N2O4S/c1-16-15-30(25(33)19-4-9-21(10-5-19)26(27,28)29)24-14-20(8-13-23(24)31(16)17(2)32)18-6-11-22(12-7-18)36(3,34)35/h16,18-24H,4-15H2,1-3H3/t16-,18?,19?,20?,21?,22?,23?,24?/m0/s1. The second-order valence-corrected chi connectivity index (χ2v) is 14.3. The number of halogens is 3. The quantitative estimate of drug-likeness (QED) is 0.532. The van der Waals surface area contributed by atoms with Crippen LogP contribution in [-0.2, 0) is 19.4 Å². The van der Waals surface area contributed by atoms with E-state index < -0.39 is 21.9 Å². The van der Waals surface area contributed by atoms with Crippen LogP contribution in [0, 0.1) is 23.7 Å². The molecular weight excluding hydrogens is 493 g/mol. The average molecular weight is 535 g/mol. The molecule has 3 aliphatic carbocycles. The Hall–Kier alpha value is -1.32. The number of carbonyl (C=O) groups excluding carboxylic acids is 2. The topological polar surface area (TPSA) is 74.8 Å². The van der Waals surface area contributed by atoms with Crippen molar-refractivity contribution in [2.75, 3.05) is 12.8 Å². The van der Waals surface area contributed by atoms with E-state index in [0.29, 0.717) is 31.2 Å². The Kier molecular flexibility index (Phi) is 8.04. The minimum atomic E-state index is -4.20. The van der Waals surface area contributed by atoms with Crippen LogP contribution in [0.4, 0.5) is 13.2 Å². The number of piperazine rings is 1. The summed E-state index contributed by atoms with van der Waals surface area (Å²) in [6, 6.07) is -0.310. The fraction of sp³-hybridized carbons (Fsp3) is 0.923. The van der Waals surface area contributed by atoms with Gasteiger partial charge in [0, 0.05) is 31.7 Å². The maximum absolute atomic E-state index is 13.7. The summed E-state index contributed by atoms with van der Waals surface area (Å²) in [4.78, 5) is 30.1. The first-order valence-electron chi connectivity index (χ1n) is 13.6. The van der Waals surface area contributed by atoms with E-state index in [1.165, 1.54) is 6.26 Å². The van der Waals surface area contributed by atoms with Gasteiger partial charge in [0.15, 0.2) is 0 Å². The van der Waals surface area contributed by atoms with Gasteiger partial charge in [-0.1, -0.05) is 0 Å². The molecule has 0 aromatic carbocycles. The molecule has 4 rings (SSSR count). The first-order chi connectivity index (χ1) is 16.8. The third-order valence-corrected chi connectivity index (χ3v) is 11.4. The Balaban J connectivity index is 1.48. The number of alkyl halides is 3. The summed E-state index contributed by atoms with van der Waals surface area (Å²) in [6.45, 7) is 3.95. The summed E-state index contributed by atoms with van der Waals surface area (Å²) >= 11 is 0. The molecular formula is C26H41F3N2O4S. The monoisotopic (exact) mass is 534 g/mol. The maximum atomic E-state index is 13.7. The third-order valence-electron chi connectivity index (χ3n) is 9.69. The second-order valence-electron chi connectivity index (χ2n) is 11.9. The molecule has 0 bridgehead atoms. The fourth-order valence-corrected chi connectivity index (χ4v) is 8.90. The molecule has 0 N–H and O–H groups in total. The van der Waals surface area contributed by atoms with Crippen molar-refractivity contribution in [2.45, 2.75) is 114 Å². The Morgan fingerprint density at radius 3 is 1.94 bits per heavy atom. The Morgan fingerprint density at radius 1 is 0.833 bits per heavy atom. The van der Waals surface area contributed by atoms with E-state index in [1.807, 2.05) is 16.7 Å². The average Bonchev–Trinajstić information content (AvgIpc) is 2.81. The van der Waals surface area contributed by atoms with E-state index in [-0.39, 0.29) is 66.8 Å². The van der Waals surface area contributed by atoms with Gasteiger partial charge in [0.25, 0.3) is 0 Å². The van der Waals surface area contributed by atoms with Gasteiger partial charge in [-0.15, -0.1) is 0 Å². The molecule has 1 heterocycles. The summed E-state index contributed by atoms with van der Waals surface area (Å²) in [5, 5.41) is -0.265. The normalized spacial score (nSPS) is 38.4. The summed E-state index contributed by atoms with van der Waals surface area (Å²) < 4.78 is 63.4. The van der Waals surface area contributed by atoms with Gasteiger partial charge in [0.05, 0.1) is 23.3 Å². The predicted octanol–water partition coefficient (Wildman–Crippen LogP) is 4.58. The molecule has 0 radical (unpaired) electrons. The van der Waals surface area contributed by atoms with Gasteiger partial charge in [-0.25, -0.2) is 8.42 Å². The zero-order valence-corrected chi connectivity index (χ0v) is 22.5. The lowest BCUT2D eigenvalue weighted by Crippen LogP contribution is -2.67. The Morgan fingerprint density at radius 2 is 1.42 bits per heavy atom. The van der Waals surface area contributed by atoms with Gasteiger partial charge in [0.2, 0.25) is 11.8 Å². The molecule has 1 saturated heterocycles. The Labute approximate surface area is 213 Å². The molecule has 2 amide bonds. The summed E-state index contributed by atoms with van der Waals surface area (Å²) in [5.41, 5.74) is 0. The minimum Gasteiger partial charge on any atom is -0.335 e. The molecule has 1 aliphatic heterocycles. The molecule has 4 fully saturated rings. The fourth-order valence-electron chi connectivity index (χ4n) is 7.77. The number of rotatable bonds is 3. The van der Waals surface area contributed by atoms with Crippen LogP contribution in [0.2, 0.25) is 0 Å². The van der Waals surface area contributed by atoms with Crippen molar-refractivity contribution in [3.05, 3.63) is 0 Å². The summed E-state index contributed by atoms with van der Waals surface area (Å²) in [5.74, 6) is -0.960. The van der Waals surface area contributed by atoms with Crippen molar-refractivity contribution < 1.29 is 31.2 Å². The summed E-state index contributed by atoms with van der Waals surface area (Å²) in [7, 11) is -3.04. The van der Waals surface area contributed by atoms with Gasteiger partial charge in [-0.3, -0.25) is 9.59 Å². The third kappa shape index (κ3) is 5.73. The number of fused-ring (bicyclic) bond motifs is 1. The number of hydrogen-bond acceptors (Lipinski definition) is 4. The zero-order valence-electron chi connectivity index (χ0n) is 21.7. The highest BCUT2D eigenvalue weighted by atomic mass is 32.2. The SMILES string of the molecule is CC(=O)N1C2CCC(C3CCC(S(C)(=O)=O)CC3)CC2N(C(=O)C2CCC(C(F)(F)F)CC2)C[C@@H]1C. The number of sulfone groups is 1. The van der Waals surface area contributed by atoms with Crippen LogP contribution in [0.5, 0.6) is 0 Å². The van der Waals surface area contributed by atoms with Gasteiger partial charge in [-0.05, 0) is 89.4 Å². The maximum Gasteiger partial charge on any atom is 0.391 e. The van der Waals surface area contributed by atoms with Gasteiger partial charge < -0.3 is 9.80 Å². The lowest BCUT2D eigenvalue weighted by molar-refractivity contribution is -0.186. The number of amides is 2. The zero-order chi connectivity index (χ0) is 26.4. The molecule has 36 heavy (non-hydrogen) atoms. The molecule has 6 nitrogen and oxygen atoms in total. The number of carbonyl (C=O) groups is 2.